The summed E-state index contributed by atoms with van der Waals surface area (Å²) in [5.74, 6) is 1.35. The molecule has 0 aliphatic carbocycles. The number of likely N-dealkylation sites (tertiary alicyclic amines) is 1. The Morgan fingerprint density at radius 2 is 1.74 bits per heavy atom. The van der Waals surface area contributed by atoms with Gasteiger partial charge in [0, 0.05) is 26.2 Å². The van der Waals surface area contributed by atoms with E-state index < -0.39 is 0 Å². The van der Waals surface area contributed by atoms with Crippen LogP contribution in [0.1, 0.15) is 24.0 Å². The number of amides is 2. The summed E-state index contributed by atoms with van der Waals surface area (Å²) >= 11 is 0. The third-order valence-electron chi connectivity index (χ3n) is 4.97. The summed E-state index contributed by atoms with van der Waals surface area (Å²) in [6.45, 7) is 3.52. The maximum atomic E-state index is 12.4. The molecule has 144 valence electrons. The van der Waals surface area contributed by atoms with Crippen LogP contribution < -0.4 is 10.1 Å². The van der Waals surface area contributed by atoms with Gasteiger partial charge < -0.3 is 19.7 Å². The van der Waals surface area contributed by atoms with E-state index in [1.807, 2.05) is 47.4 Å². The Hall–Kier alpha value is -2.53. The Morgan fingerprint density at radius 1 is 1.04 bits per heavy atom. The highest BCUT2D eigenvalue weighted by Crippen LogP contribution is 2.18. The largest absolute Gasteiger partial charge is 0.497 e. The summed E-state index contributed by atoms with van der Waals surface area (Å²) in [5, 5.41) is 3.00. The van der Waals surface area contributed by atoms with E-state index >= 15 is 0 Å². The third-order valence-corrected chi connectivity index (χ3v) is 4.97. The molecule has 0 radical (unpaired) electrons. The molecule has 5 heteroatoms. The predicted molar refractivity (Wildman–Crippen MR) is 106 cm³/mol. The lowest BCUT2D eigenvalue weighted by Gasteiger charge is -2.32. The summed E-state index contributed by atoms with van der Waals surface area (Å²) in [5.41, 5.74) is 2.26. The molecule has 5 nitrogen and oxygen atoms in total. The van der Waals surface area contributed by atoms with Gasteiger partial charge in [-0.3, -0.25) is 0 Å². The molecule has 3 rings (SSSR count). The van der Waals surface area contributed by atoms with E-state index in [2.05, 4.69) is 17.4 Å². The molecule has 2 amide bonds. The minimum absolute atomic E-state index is 0.00877. The topological polar surface area (TPSA) is 50.8 Å². The Morgan fingerprint density at radius 3 is 2.41 bits per heavy atom. The van der Waals surface area contributed by atoms with Crippen LogP contribution in [0, 0.1) is 5.92 Å². The maximum Gasteiger partial charge on any atom is 0.317 e. The standard InChI is InChI=1S/C22H28N2O3/c1-26-21-9-7-18(8-10-21)15-23-22(25)24-13-11-20(12-14-24)17-27-16-19-5-3-2-4-6-19/h2-10,20H,11-17H2,1H3,(H,23,25). The molecule has 1 saturated heterocycles. The molecule has 0 atom stereocenters. The molecular weight excluding hydrogens is 340 g/mol. The fourth-order valence-electron chi connectivity index (χ4n) is 3.25. The zero-order chi connectivity index (χ0) is 18.9. The lowest BCUT2D eigenvalue weighted by Crippen LogP contribution is -2.44. The van der Waals surface area contributed by atoms with Crippen molar-refractivity contribution in [2.45, 2.75) is 26.0 Å². The molecule has 1 aliphatic heterocycles. The molecule has 0 unspecified atom stereocenters. The highest BCUT2D eigenvalue weighted by molar-refractivity contribution is 5.74. The fourth-order valence-corrected chi connectivity index (χ4v) is 3.25. The van der Waals surface area contributed by atoms with Crippen LogP contribution in [0.4, 0.5) is 4.79 Å². The molecular formula is C22H28N2O3. The van der Waals surface area contributed by atoms with Gasteiger partial charge in [0.25, 0.3) is 0 Å². The van der Waals surface area contributed by atoms with Crippen molar-refractivity contribution in [2.24, 2.45) is 5.92 Å². The van der Waals surface area contributed by atoms with Crippen LogP contribution in [0.25, 0.3) is 0 Å². The van der Waals surface area contributed by atoms with Crippen LogP contribution in [0.3, 0.4) is 0 Å². The van der Waals surface area contributed by atoms with Gasteiger partial charge in [-0.2, -0.15) is 0 Å². The number of benzene rings is 2. The molecule has 1 heterocycles. The van der Waals surface area contributed by atoms with Crippen LogP contribution >= 0.6 is 0 Å². The molecule has 1 N–H and O–H groups in total. The van der Waals surface area contributed by atoms with Gasteiger partial charge in [-0.05, 0) is 42.0 Å². The van der Waals surface area contributed by atoms with Crippen molar-refractivity contribution in [3.05, 3.63) is 65.7 Å². The molecule has 0 bridgehead atoms. The summed E-state index contributed by atoms with van der Waals surface area (Å²) in [6.07, 6.45) is 1.98. The number of carbonyl (C=O) groups is 1. The third kappa shape index (κ3) is 6.00. The Labute approximate surface area is 161 Å². The molecule has 1 aliphatic rings. The summed E-state index contributed by atoms with van der Waals surface area (Å²) < 4.78 is 11.0. The average molecular weight is 368 g/mol. The summed E-state index contributed by atoms with van der Waals surface area (Å²) in [4.78, 5) is 14.3. The fraction of sp³-hybridized carbons (Fsp3) is 0.409. The van der Waals surface area contributed by atoms with Crippen molar-refractivity contribution in [3.63, 3.8) is 0 Å². The van der Waals surface area contributed by atoms with Gasteiger partial charge in [-0.15, -0.1) is 0 Å². The number of nitrogens with zero attached hydrogens (tertiary/aromatic N) is 1. The number of urea groups is 1. The zero-order valence-corrected chi connectivity index (χ0v) is 15.9. The number of piperidine rings is 1. The first-order valence-electron chi connectivity index (χ1n) is 9.52. The average Bonchev–Trinajstić information content (AvgIpc) is 2.73. The normalized spacial score (nSPS) is 14.8. The van der Waals surface area contributed by atoms with Crippen molar-refractivity contribution < 1.29 is 14.3 Å². The maximum absolute atomic E-state index is 12.4. The van der Waals surface area contributed by atoms with Crippen LogP contribution in [-0.4, -0.2) is 37.7 Å². The van der Waals surface area contributed by atoms with Crippen molar-refractivity contribution in [2.75, 3.05) is 26.8 Å². The monoisotopic (exact) mass is 368 g/mol. The highest BCUT2D eigenvalue weighted by atomic mass is 16.5. The van der Waals surface area contributed by atoms with E-state index in [4.69, 9.17) is 9.47 Å². The van der Waals surface area contributed by atoms with Crippen LogP contribution in [-0.2, 0) is 17.9 Å². The van der Waals surface area contributed by atoms with Crippen LogP contribution in [0.15, 0.2) is 54.6 Å². The highest BCUT2D eigenvalue weighted by Gasteiger charge is 2.22. The van der Waals surface area contributed by atoms with Gasteiger partial charge in [0.05, 0.1) is 13.7 Å². The summed E-state index contributed by atoms with van der Waals surface area (Å²) in [7, 11) is 1.65. The first-order valence-corrected chi connectivity index (χ1v) is 9.52. The Bertz CT molecular complexity index is 695. The minimum Gasteiger partial charge on any atom is -0.497 e. The smallest absolute Gasteiger partial charge is 0.317 e. The SMILES string of the molecule is COc1ccc(CNC(=O)N2CCC(COCc3ccccc3)CC2)cc1. The van der Waals surface area contributed by atoms with Gasteiger partial charge in [0.1, 0.15) is 5.75 Å². The number of ether oxygens (including phenoxy) is 2. The van der Waals surface area contributed by atoms with Crippen LogP contribution in [0.2, 0.25) is 0 Å². The second-order valence-corrected chi connectivity index (χ2v) is 6.94. The van der Waals surface area contributed by atoms with E-state index in [-0.39, 0.29) is 6.03 Å². The molecule has 0 spiro atoms. The van der Waals surface area contributed by atoms with Gasteiger partial charge in [0.15, 0.2) is 0 Å². The van der Waals surface area contributed by atoms with Crippen LogP contribution in [0.5, 0.6) is 5.75 Å². The predicted octanol–water partition coefficient (Wildman–Crippen LogP) is 3.83. The number of hydrogen-bond acceptors (Lipinski definition) is 3. The van der Waals surface area contributed by atoms with E-state index in [0.29, 0.717) is 19.1 Å². The van der Waals surface area contributed by atoms with E-state index in [0.717, 1.165) is 43.9 Å². The molecule has 0 saturated carbocycles. The second-order valence-electron chi connectivity index (χ2n) is 6.94. The van der Waals surface area contributed by atoms with Gasteiger partial charge in [0.2, 0.25) is 0 Å². The quantitative estimate of drug-likeness (QED) is 0.808. The second kappa shape index (κ2) is 9.97. The van der Waals surface area contributed by atoms with E-state index in [1.165, 1.54) is 5.56 Å². The lowest BCUT2D eigenvalue weighted by molar-refractivity contribution is 0.0629. The molecule has 0 aromatic heterocycles. The minimum atomic E-state index is 0.00877. The zero-order valence-electron chi connectivity index (χ0n) is 15.9. The van der Waals surface area contributed by atoms with E-state index in [9.17, 15) is 4.79 Å². The first kappa shape index (κ1) is 19.2. The van der Waals surface area contributed by atoms with Crippen molar-refractivity contribution >= 4 is 6.03 Å². The number of rotatable bonds is 7. The molecule has 27 heavy (non-hydrogen) atoms. The number of carbonyl (C=O) groups excluding carboxylic acids is 1. The lowest BCUT2D eigenvalue weighted by atomic mass is 9.98. The molecule has 2 aromatic carbocycles. The number of nitrogens with one attached hydrogen (secondary N) is 1. The van der Waals surface area contributed by atoms with Gasteiger partial charge in [-0.1, -0.05) is 42.5 Å². The Kier molecular flexibility index (Phi) is 7.11. The summed E-state index contributed by atoms with van der Waals surface area (Å²) in [6, 6.07) is 18.0. The molecule has 2 aromatic rings. The van der Waals surface area contributed by atoms with Gasteiger partial charge >= 0.3 is 6.03 Å². The first-order chi connectivity index (χ1) is 13.2. The molecule has 1 fully saturated rings. The number of methoxy groups -OCH3 is 1. The van der Waals surface area contributed by atoms with Gasteiger partial charge in [-0.25, -0.2) is 4.79 Å². The van der Waals surface area contributed by atoms with Crippen molar-refractivity contribution in [1.82, 2.24) is 10.2 Å². The Balaban J connectivity index is 1.33. The van der Waals surface area contributed by atoms with Crippen molar-refractivity contribution in [3.8, 4) is 5.75 Å². The van der Waals surface area contributed by atoms with E-state index in [1.54, 1.807) is 7.11 Å². The van der Waals surface area contributed by atoms with Crippen molar-refractivity contribution in [1.29, 1.82) is 0 Å². The number of hydrogen-bond donors (Lipinski definition) is 1.